The molecule has 0 aromatic heterocycles. The number of rotatable bonds is 7. The van der Waals surface area contributed by atoms with Crippen LogP contribution in [0.15, 0.2) is 18.2 Å². The highest BCUT2D eigenvalue weighted by molar-refractivity contribution is 7.80. The van der Waals surface area contributed by atoms with E-state index in [0.29, 0.717) is 29.9 Å². The summed E-state index contributed by atoms with van der Waals surface area (Å²) >= 11 is 4.29. The molecule has 0 saturated carbocycles. The predicted octanol–water partition coefficient (Wildman–Crippen LogP) is 3.18. The smallest absolute Gasteiger partial charge is 0.273 e. The summed E-state index contributed by atoms with van der Waals surface area (Å²) in [6.45, 7) is 4.73. The van der Waals surface area contributed by atoms with Crippen molar-refractivity contribution in [1.29, 1.82) is 0 Å². The zero-order valence-electron chi connectivity index (χ0n) is 11.3. The Morgan fingerprint density at radius 2 is 2.05 bits per heavy atom. The number of methoxy groups -OCH3 is 1. The van der Waals surface area contributed by atoms with Gasteiger partial charge >= 0.3 is 0 Å². The van der Waals surface area contributed by atoms with Crippen LogP contribution in [0.2, 0.25) is 0 Å². The molecule has 5 nitrogen and oxygen atoms in total. The van der Waals surface area contributed by atoms with Crippen molar-refractivity contribution in [2.45, 2.75) is 13.8 Å². The van der Waals surface area contributed by atoms with Crippen molar-refractivity contribution >= 4 is 18.3 Å². The molecule has 0 aliphatic heterocycles. The molecule has 0 radical (unpaired) electrons. The number of nitro benzene ring substituents is 1. The van der Waals surface area contributed by atoms with Crippen molar-refractivity contribution in [1.82, 2.24) is 0 Å². The maximum Gasteiger partial charge on any atom is 0.273 e. The molecule has 1 aromatic carbocycles. The summed E-state index contributed by atoms with van der Waals surface area (Å²) in [6, 6.07) is 4.33. The molecule has 0 spiro atoms. The van der Waals surface area contributed by atoms with Crippen LogP contribution in [-0.4, -0.2) is 24.4 Å². The van der Waals surface area contributed by atoms with Gasteiger partial charge in [0.15, 0.2) is 11.5 Å². The van der Waals surface area contributed by atoms with E-state index in [1.807, 2.05) is 0 Å². The molecule has 19 heavy (non-hydrogen) atoms. The number of ether oxygens (including phenoxy) is 2. The minimum absolute atomic E-state index is 0.0150. The zero-order valence-corrected chi connectivity index (χ0v) is 12.2. The van der Waals surface area contributed by atoms with Crippen LogP contribution in [0.25, 0.3) is 0 Å². The minimum atomic E-state index is -0.461. The molecular weight excluding hydrogens is 266 g/mol. The molecule has 0 bridgehead atoms. The van der Waals surface area contributed by atoms with Crippen LogP contribution in [0, 0.1) is 22.0 Å². The van der Waals surface area contributed by atoms with Gasteiger partial charge in [-0.1, -0.05) is 13.8 Å². The predicted molar refractivity (Wildman–Crippen MR) is 77.3 cm³/mol. The zero-order chi connectivity index (χ0) is 14.4. The van der Waals surface area contributed by atoms with Crippen molar-refractivity contribution in [3.05, 3.63) is 28.3 Å². The molecule has 0 saturated heterocycles. The van der Waals surface area contributed by atoms with Gasteiger partial charge in [-0.25, -0.2) is 0 Å². The van der Waals surface area contributed by atoms with Gasteiger partial charge in [0.05, 0.1) is 24.7 Å². The number of non-ortho nitro benzene ring substituents is 1. The van der Waals surface area contributed by atoms with Crippen LogP contribution >= 0.6 is 12.6 Å². The van der Waals surface area contributed by atoms with E-state index in [4.69, 9.17) is 9.47 Å². The third kappa shape index (κ3) is 4.31. The first kappa shape index (κ1) is 15.6. The third-order valence-electron chi connectivity index (χ3n) is 2.99. The second kappa shape index (κ2) is 7.23. The quantitative estimate of drug-likeness (QED) is 0.475. The monoisotopic (exact) mass is 285 g/mol. The first-order chi connectivity index (χ1) is 8.99. The summed E-state index contributed by atoms with van der Waals surface area (Å²) in [5.41, 5.74) is -0.0150. The van der Waals surface area contributed by atoms with Crippen LogP contribution in [0.3, 0.4) is 0 Å². The molecule has 1 atom stereocenters. The lowest BCUT2D eigenvalue weighted by Gasteiger charge is -2.19. The maximum atomic E-state index is 10.7. The maximum absolute atomic E-state index is 10.7. The Kier molecular flexibility index (Phi) is 5.95. The van der Waals surface area contributed by atoms with Crippen LogP contribution < -0.4 is 9.47 Å². The molecule has 6 heteroatoms. The lowest BCUT2D eigenvalue weighted by Crippen LogP contribution is -2.19. The van der Waals surface area contributed by atoms with Crippen molar-refractivity contribution in [2.75, 3.05) is 19.5 Å². The summed E-state index contributed by atoms with van der Waals surface area (Å²) in [7, 11) is 1.46. The van der Waals surface area contributed by atoms with Gasteiger partial charge < -0.3 is 9.47 Å². The third-order valence-corrected chi connectivity index (χ3v) is 3.46. The van der Waals surface area contributed by atoms with Crippen molar-refractivity contribution in [2.24, 2.45) is 11.8 Å². The van der Waals surface area contributed by atoms with E-state index < -0.39 is 4.92 Å². The fourth-order valence-electron chi connectivity index (χ4n) is 1.54. The molecule has 106 valence electrons. The molecule has 0 aliphatic rings. The summed E-state index contributed by atoms with van der Waals surface area (Å²) in [6.07, 6.45) is 0. The normalized spacial score (nSPS) is 12.3. The summed E-state index contributed by atoms with van der Waals surface area (Å²) in [4.78, 5) is 10.2. The van der Waals surface area contributed by atoms with Crippen LogP contribution in [0.4, 0.5) is 5.69 Å². The molecule has 0 aliphatic carbocycles. The van der Waals surface area contributed by atoms with Crippen molar-refractivity contribution in [3.63, 3.8) is 0 Å². The SMILES string of the molecule is COc1cc([N+](=O)[O-])ccc1OCC(CS)C(C)C. The number of hydrogen-bond acceptors (Lipinski definition) is 5. The van der Waals surface area contributed by atoms with Crippen molar-refractivity contribution < 1.29 is 14.4 Å². The molecule has 1 unspecified atom stereocenters. The van der Waals surface area contributed by atoms with Gasteiger partial charge in [0, 0.05) is 12.0 Å². The molecule has 0 fully saturated rings. The van der Waals surface area contributed by atoms with E-state index in [9.17, 15) is 10.1 Å². The van der Waals surface area contributed by atoms with E-state index in [1.54, 1.807) is 6.07 Å². The number of hydrogen-bond donors (Lipinski definition) is 1. The molecular formula is C13H19NO4S. The number of nitro groups is 1. The van der Waals surface area contributed by atoms with Crippen molar-refractivity contribution in [3.8, 4) is 11.5 Å². The highest BCUT2D eigenvalue weighted by Crippen LogP contribution is 2.31. The molecule has 0 amide bonds. The van der Waals surface area contributed by atoms with E-state index in [1.165, 1.54) is 19.2 Å². The van der Waals surface area contributed by atoms with Crippen LogP contribution in [0.5, 0.6) is 11.5 Å². The standard InChI is InChI=1S/C13H19NO4S/c1-9(2)10(8-19)7-18-12-5-4-11(14(15)16)6-13(12)17-3/h4-6,9-10,19H,7-8H2,1-3H3. The lowest BCUT2D eigenvalue weighted by atomic mass is 9.99. The van der Waals surface area contributed by atoms with Crippen LogP contribution in [-0.2, 0) is 0 Å². The van der Waals surface area contributed by atoms with Crippen LogP contribution in [0.1, 0.15) is 13.8 Å². The largest absolute Gasteiger partial charge is 0.493 e. The molecule has 1 rings (SSSR count). The second-order valence-corrected chi connectivity index (χ2v) is 4.96. The first-order valence-electron chi connectivity index (χ1n) is 6.05. The number of nitrogens with zero attached hydrogens (tertiary/aromatic N) is 1. The highest BCUT2D eigenvalue weighted by atomic mass is 32.1. The van der Waals surface area contributed by atoms with Gasteiger partial charge in [-0.15, -0.1) is 0 Å². The average Bonchev–Trinajstić information content (AvgIpc) is 2.38. The van der Waals surface area contributed by atoms with Gasteiger partial charge in [-0.2, -0.15) is 12.6 Å². The Bertz CT molecular complexity index is 437. The van der Waals surface area contributed by atoms with Gasteiger partial charge in [0.2, 0.25) is 0 Å². The first-order valence-corrected chi connectivity index (χ1v) is 6.69. The average molecular weight is 285 g/mol. The van der Waals surface area contributed by atoms with Gasteiger partial charge in [-0.05, 0) is 17.7 Å². The van der Waals surface area contributed by atoms with Gasteiger partial charge in [-0.3, -0.25) is 10.1 Å². The fourth-order valence-corrected chi connectivity index (χ4v) is 2.07. The molecule has 1 aromatic rings. The minimum Gasteiger partial charge on any atom is -0.493 e. The Morgan fingerprint density at radius 3 is 2.53 bits per heavy atom. The highest BCUT2D eigenvalue weighted by Gasteiger charge is 2.16. The Morgan fingerprint density at radius 1 is 1.37 bits per heavy atom. The number of benzene rings is 1. The molecule has 0 N–H and O–H groups in total. The lowest BCUT2D eigenvalue weighted by molar-refractivity contribution is -0.385. The summed E-state index contributed by atoms with van der Waals surface area (Å²) in [5, 5.41) is 10.7. The van der Waals surface area contributed by atoms with E-state index in [-0.39, 0.29) is 5.69 Å². The Labute approximate surface area is 118 Å². The Balaban J connectivity index is 2.80. The van der Waals surface area contributed by atoms with E-state index in [2.05, 4.69) is 26.5 Å². The topological polar surface area (TPSA) is 61.6 Å². The van der Waals surface area contributed by atoms with E-state index in [0.717, 1.165) is 5.75 Å². The van der Waals surface area contributed by atoms with E-state index >= 15 is 0 Å². The Hall–Kier alpha value is -1.43. The fraction of sp³-hybridized carbons (Fsp3) is 0.538. The summed E-state index contributed by atoms with van der Waals surface area (Å²) < 4.78 is 10.8. The van der Waals surface area contributed by atoms with Gasteiger partial charge in [0.1, 0.15) is 0 Å². The van der Waals surface area contributed by atoms with Gasteiger partial charge in [0.25, 0.3) is 5.69 Å². The number of thiol groups is 1. The molecule has 0 heterocycles. The second-order valence-electron chi connectivity index (χ2n) is 4.59. The summed E-state index contributed by atoms with van der Waals surface area (Å²) in [5.74, 6) is 2.40.